The largest absolute Gasteiger partial charge is 0.309 e. The molecule has 0 amide bonds. The van der Waals surface area contributed by atoms with E-state index in [9.17, 15) is 0 Å². The van der Waals surface area contributed by atoms with Crippen molar-refractivity contribution in [3.8, 4) is 0 Å². The molecule has 2 nitrogen and oxygen atoms in total. The maximum absolute atomic E-state index is 3.98. The van der Waals surface area contributed by atoms with Crippen LogP contribution in [0.4, 0.5) is 0 Å². The predicted molar refractivity (Wildman–Crippen MR) is 33.6 cm³/mol. The zero-order valence-electron chi connectivity index (χ0n) is 4.27. The summed E-state index contributed by atoms with van der Waals surface area (Å²) < 4.78 is 0. The van der Waals surface area contributed by atoms with E-state index in [0.717, 1.165) is 13.0 Å². The predicted octanol–water partition coefficient (Wildman–Crippen LogP) is 0.656. The minimum atomic E-state index is 1.02. The fraction of sp³-hybridized carbons (Fsp3) is 0.750. The van der Waals surface area contributed by atoms with E-state index >= 15 is 0 Å². The van der Waals surface area contributed by atoms with Crippen LogP contribution in [0.2, 0.25) is 0 Å². The zero-order chi connectivity index (χ0) is 5.11. The number of nitrogens with zero attached hydrogens (tertiary/aromatic N) is 1. The second kappa shape index (κ2) is 2.21. The number of hydrazone groups is 1. The van der Waals surface area contributed by atoms with E-state index in [2.05, 4.69) is 10.5 Å². The second-order valence-corrected chi connectivity index (χ2v) is 2.25. The molecular formula is C4H8N2S. The van der Waals surface area contributed by atoms with Gasteiger partial charge in [0.05, 0.1) is 5.04 Å². The molecule has 40 valence electrons. The Morgan fingerprint density at radius 1 is 1.86 bits per heavy atom. The molecule has 0 radical (unpaired) electrons. The zero-order valence-corrected chi connectivity index (χ0v) is 5.09. The van der Waals surface area contributed by atoms with Crippen LogP contribution in [-0.2, 0) is 0 Å². The van der Waals surface area contributed by atoms with Crippen LogP contribution >= 0.6 is 11.8 Å². The molecule has 0 atom stereocenters. The Kier molecular flexibility index (Phi) is 1.57. The van der Waals surface area contributed by atoms with Crippen molar-refractivity contribution in [1.82, 2.24) is 5.43 Å². The van der Waals surface area contributed by atoms with E-state index in [4.69, 9.17) is 0 Å². The molecule has 0 aromatic carbocycles. The van der Waals surface area contributed by atoms with Crippen molar-refractivity contribution in [3.63, 3.8) is 0 Å². The molecule has 0 bridgehead atoms. The lowest BCUT2D eigenvalue weighted by atomic mass is 10.5. The van der Waals surface area contributed by atoms with E-state index in [1.165, 1.54) is 5.04 Å². The summed E-state index contributed by atoms with van der Waals surface area (Å²) in [6.45, 7) is 1.02. The molecule has 0 fully saturated rings. The first kappa shape index (κ1) is 4.97. The Hall–Kier alpha value is -0.180. The summed E-state index contributed by atoms with van der Waals surface area (Å²) in [6.07, 6.45) is 3.16. The number of thioether (sulfide) groups is 1. The topological polar surface area (TPSA) is 24.4 Å². The monoisotopic (exact) mass is 116 g/mol. The van der Waals surface area contributed by atoms with Crippen molar-refractivity contribution in [2.75, 3.05) is 12.8 Å². The van der Waals surface area contributed by atoms with Crippen molar-refractivity contribution in [3.05, 3.63) is 0 Å². The number of rotatable bonds is 0. The first-order valence-electron chi connectivity index (χ1n) is 2.27. The third-order valence-corrected chi connectivity index (χ3v) is 1.66. The molecule has 1 rings (SSSR count). The maximum atomic E-state index is 3.98. The lowest BCUT2D eigenvalue weighted by Gasteiger charge is -1.83. The van der Waals surface area contributed by atoms with Gasteiger partial charge in [-0.2, -0.15) is 5.10 Å². The normalized spacial score (nSPS) is 18.7. The van der Waals surface area contributed by atoms with Gasteiger partial charge in [-0.1, -0.05) is 0 Å². The number of nitrogens with one attached hydrogen (secondary N) is 1. The molecule has 0 aromatic heterocycles. The van der Waals surface area contributed by atoms with Crippen molar-refractivity contribution in [1.29, 1.82) is 0 Å². The van der Waals surface area contributed by atoms with Crippen LogP contribution in [0.3, 0.4) is 0 Å². The minimum absolute atomic E-state index is 1.02. The molecule has 0 saturated heterocycles. The molecule has 0 spiro atoms. The minimum Gasteiger partial charge on any atom is -0.309 e. The summed E-state index contributed by atoms with van der Waals surface area (Å²) >= 11 is 1.72. The van der Waals surface area contributed by atoms with Crippen LogP contribution in [0.15, 0.2) is 5.10 Å². The van der Waals surface area contributed by atoms with Crippen LogP contribution < -0.4 is 5.43 Å². The van der Waals surface area contributed by atoms with Crippen LogP contribution in [0.25, 0.3) is 0 Å². The third-order valence-electron chi connectivity index (χ3n) is 0.890. The van der Waals surface area contributed by atoms with Gasteiger partial charge in [0, 0.05) is 13.0 Å². The van der Waals surface area contributed by atoms with Gasteiger partial charge in [0.1, 0.15) is 0 Å². The molecular weight excluding hydrogens is 108 g/mol. The van der Waals surface area contributed by atoms with E-state index in [0.29, 0.717) is 0 Å². The van der Waals surface area contributed by atoms with Crippen LogP contribution in [-0.4, -0.2) is 17.8 Å². The van der Waals surface area contributed by atoms with Crippen molar-refractivity contribution < 1.29 is 0 Å². The van der Waals surface area contributed by atoms with Gasteiger partial charge in [-0.25, -0.2) is 0 Å². The van der Waals surface area contributed by atoms with Gasteiger partial charge in [-0.3, -0.25) is 0 Å². The summed E-state index contributed by atoms with van der Waals surface area (Å²) in [7, 11) is 0. The summed E-state index contributed by atoms with van der Waals surface area (Å²) in [5, 5.41) is 5.21. The van der Waals surface area contributed by atoms with Crippen molar-refractivity contribution >= 4 is 16.8 Å². The average Bonchev–Trinajstić information content (AvgIpc) is 2.14. The van der Waals surface area contributed by atoms with Gasteiger partial charge < -0.3 is 5.43 Å². The highest BCUT2D eigenvalue weighted by Gasteiger charge is 2.01. The van der Waals surface area contributed by atoms with Crippen molar-refractivity contribution in [2.45, 2.75) is 6.42 Å². The summed E-state index contributed by atoms with van der Waals surface area (Å²) in [4.78, 5) is 0. The highest BCUT2D eigenvalue weighted by atomic mass is 32.2. The molecule has 0 aliphatic carbocycles. The Morgan fingerprint density at radius 3 is 3.00 bits per heavy atom. The summed E-state index contributed by atoms with van der Waals surface area (Å²) in [6, 6.07) is 0. The van der Waals surface area contributed by atoms with E-state index in [-0.39, 0.29) is 0 Å². The number of hydrogen-bond acceptors (Lipinski definition) is 3. The molecule has 3 heteroatoms. The van der Waals surface area contributed by atoms with Gasteiger partial charge >= 0.3 is 0 Å². The van der Waals surface area contributed by atoms with Crippen LogP contribution in [0.5, 0.6) is 0 Å². The number of hydrogen-bond donors (Lipinski definition) is 1. The smallest absolute Gasteiger partial charge is 0.0946 e. The van der Waals surface area contributed by atoms with E-state index in [1.54, 1.807) is 11.8 Å². The standard InChI is InChI=1S/C4H8N2S/c1-7-4-2-3-5-6-4/h5H,2-3H2,1H3. The Morgan fingerprint density at radius 2 is 2.71 bits per heavy atom. The lowest BCUT2D eigenvalue weighted by Crippen LogP contribution is -1.96. The van der Waals surface area contributed by atoms with Crippen LogP contribution in [0.1, 0.15) is 6.42 Å². The van der Waals surface area contributed by atoms with E-state index < -0.39 is 0 Å². The van der Waals surface area contributed by atoms with E-state index in [1.807, 2.05) is 6.26 Å². The fourth-order valence-electron chi connectivity index (χ4n) is 0.511. The summed E-state index contributed by atoms with van der Waals surface area (Å²) in [5.41, 5.74) is 2.89. The average molecular weight is 116 g/mol. The third kappa shape index (κ3) is 1.09. The lowest BCUT2D eigenvalue weighted by molar-refractivity contribution is 0.813. The van der Waals surface area contributed by atoms with Crippen molar-refractivity contribution in [2.24, 2.45) is 5.10 Å². The fourth-order valence-corrected chi connectivity index (χ4v) is 0.973. The molecule has 1 N–H and O–H groups in total. The molecule has 0 unspecified atom stereocenters. The molecule has 7 heavy (non-hydrogen) atoms. The highest BCUT2D eigenvalue weighted by Crippen LogP contribution is 2.04. The maximum Gasteiger partial charge on any atom is 0.0946 e. The van der Waals surface area contributed by atoms with Crippen LogP contribution in [0, 0.1) is 0 Å². The highest BCUT2D eigenvalue weighted by molar-refractivity contribution is 8.13. The van der Waals surface area contributed by atoms with Gasteiger partial charge in [-0.05, 0) is 6.26 Å². The van der Waals surface area contributed by atoms with Gasteiger partial charge in [0.2, 0.25) is 0 Å². The first-order chi connectivity index (χ1) is 3.43. The SMILES string of the molecule is CSC1=NNCC1. The van der Waals surface area contributed by atoms with Gasteiger partial charge in [-0.15, -0.1) is 11.8 Å². The Balaban J connectivity index is 2.36. The second-order valence-electron chi connectivity index (χ2n) is 1.37. The molecule has 1 heterocycles. The van der Waals surface area contributed by atoms with Gasteiger partial charge in [0.25, 0.3) is 0 Å². The Labute approximate surface area is 47.4 Å². The molecule has 0 saturated carbocycles. The Bertz CT molecular complexity index is 89.7. The molecule has 1 aliphatic rings. The summed E-state index contributed by atoms with van der Waals surface area (Å²) in [5.74, 6) is 0. The first-order valence-corrected chi connectivity index (χ1v) is 3.49. The quantitative estimate of drug-likeness (QED) is 0.502. The molecule has 1 aliphatic heterocycles. The van der Waals surface area contributed by atoms with Gasteiger partial charge in [0.15, 0.2) is 0 Å². The molecule has 0 aromatic rings.